The maximum atomic E-state index is 13.5. The third-order valence-corrected chi connectivity index (χ3v) is 5.93. The fourth-order valence-electron chi connectivity index (χ4n) is 3.50. The molecule has 1 aliphatic rings. The van der Waals surface area contributed by atoms with Crippen molar-refractivity contribution < 1.29 is 9.18 Å². The number of anilines is 1. The number of carbonyl (C=O) groups is 1. The van der Waals surface area contributed by atoms with E-state index in [0.717, 1.165) is 5.69 Å². The third kappa shape index (κ3) is 3.92. The van der Waals surface area contributed by atoms with Crippen molar-refractivity contribution in [3.63, 3.8) is 0 Å². The summed E-state index contributed by atoms with van der Waals surface area (Å²) in [6.45, 7) is 4.90. The van der Waals surface area contributed by atoms with Crippen LogP contribution in [0.5, 0.6) is 0 Å². The number of aromatic nitrogens is 2. The van der Waals surface area contributed by atoms with Crippen molar-refractivity contribution in [3.8, 4) is 0 Å². The summed E-state index contributed by atoms with van der Waals surface area (Å²) in [5.74, 6) is -1.00. The topological polar surface area (TPSA) is 61.0 Å². The number of fused-ring (bicyclic) bond motifs is 1. The quantitative estimate of drug-likeness (QED) is 0.562. The second-order valence-corrected chi connectivity index (χ2v) is 8.01. The Hall–Kier alpha value is -2.28. The highest BCUT2D eigenvalue weighted by molar-refractivity contribution is 6.45. The highest BCUT2D eigenvalue weighted by atomic mass is 35.5. The Bertz CT molecular complexity index is 1110. The van der Waals surface area contributed by atoms with Gasteiger partial charge in [-0.2, -0.15) is 0 Å². The van der Waals surface area contributed by atoms with Crippen LogP contribution >= 0.6 is 34.8 Å². The Labute approximate surface area is 181 Å². The molecule has 0 bridgehead atoms. The Morgan fingerprint density at radius 2 is 2.10 bits per heavy atom. The Morgan fingerprint density at radius 3 is 2.86 bits per heavy atom. The largest absolute Gasteiger partial charge is 0.351 e. The van der Waals surface area contributed by atoms with Gasteiger partial charge in [0.25, 0.3) is 0 Å². The van der Waals surface area contributed by atoms with Gasteiger partial charge < -0.3 is 15.2 Å². The van der Waals surface area contributed by atoms with Crippen LogP contribution in [0, 0.1) is 11.7 Å². The van der Waals surface area contributed by atoms with Gasteiger partial charge in [-0.3, -0.25) is 4.79 Å². The number of hydrogen-bond donors (Lipinski definition) is 2. The molecule has 3 heterocycles. The number of amides is 1. The van der Waals surface area contributed by atoms with Crippen LogP contribution in [-0.2, 0) is 11.3 Å². The first-order chi connectivity index (χ1) is 13.8. The highest BCUT2D eigenvalue weighted by Gasteiger charge is 2.33. The number of aromatic amines is 1. The lowest BCUT2D eigenvalue weighted by atomic mass is 10.1. The summed E-state index contributed by atoms with van der Waals surface area (Å²) in [7, 11) is 0. The molecule has 2 N–H and O–H groups in total. The zero-order valence-corrected chi connectivity index (χ0v) is 17.4. The predicted molar refractivity (Wildman–Crippen MR) is 114 cm³/mol. The molecule has 1 aromatic carbocycles. The molecule has 1 aliphatic heterocycles. The summed E-state index contributed by atoms with van der Waals surface area (Å²) in [4.78, 5) is 21.9. The Morgan fingerprint density at radius 1 is 1.31 bits per heavy atom. The first-order valence-electron chi connectivity index (χ1n) is 8.85. The lowest BCUT2D eigenvalue weighted by molar-refractivity contribution is -0.123. The van der Waals surface area contributed by atoms with Crippen molar-refractivity contribution in [2.24, 2.45) is 5.92 Å². The lowest BCUT2D eigenvalue weighted by Gasteiger charge is -2.21. The fourth-order valence-corrected chi connectivity index (χ4v) is 4.13. The van der Waals surface area contributed by atoms with Gasteiger partial charge in [0, 0.05) is 29.2 Å². The zero-order valence-electron chi connectivity index (χ0n) is 15.1. The van der Waals surface area contributed by atoms with Crippen molar-refractivity contribution in [1.29, 1.82) is 0 Å². The third-order valence-electron chi connectivity index (χ3n) is 4.94. The molecule has 1 saturated heterocycles. The summed E-state index contributed by atoms with van der Waals surface area (Å²) in [6, 6.07) is 6.05. The molecule has 5 nitrogen and oxygen atoms in total. The summed E-state index contributed by atoms with van der Waals surface area (Å²) in [5, 5.41) is 4.57. The van der Waals surface area contributed by atoms with Crippen LogP contribution in [0.1, 0.15) is 12.0 Å². The molecule has 29 heavy (non-hydrogen) atoms. The molecule has 0 aliphatic carbocycles. The number of nitrogens with one attached hydrogen (secondary N) is 2. The summed E-state index contributed by atoms with van der Waals surface area (Å²) in [6.07, 6.45) is 2.29. The van der Waals surface area contributed by atoms with Crippen molar-refractivity contribution >= 4 is 57.4 Å². The van der Waals surface area contributed by atoms with Crippen molar-refractivity contribution in [2.45, 2.75) is 13.0 Å². The minimum absolute atomic E-state index is 0.172. The van der Waals surface area contributed by atoms with Gasteiger partial charge in [-0.15, -0.1) is 0 Å². The van der Waals surface area contributed by atoms with Crippen LogP contribution in [0.3, 0.4) is 0 Å². The number of rotatable bonds is 4. The van der Waals surface area contributed by atoms with Gasteiger partial charge in [0.2, 0.25) is 5.91 Å². The average molecular weight is 454 g/mol. The van der Waals surface area contributed by atoms with Crippen molar-refractivity contribution in [1.82, 2.24) is 15.3 Å². The molecule has 4 rings (SSSR count). The molecule has 2 aromatic heterocycles. The van der Waals surface area contributed by atoms with E-state index >= 15 is 0 Å². The van der Waals surface area contributed by atoms with Gasteiger partial charge in [-0.05, 0) is 36.2 Å². The molecule has 9 heteroatoms. The van der Waals surface area contributed by atoms with Gasteiger partial charge in [-0.25, -0.2) is 9.37 Å². The Balaban J connectivity index is 1.47. The summed E-state index contributed by atoms with van der Waals surface area (Å²) in [5.41, 5.74) is 2.64. The molecule has 0 saturated carbocycles. The molecule has 1 amide bonds. The second-order valence-electron chi connectivity index (χ2n) is 6.82. The van der Waals surface area contributed by atoms with E-state index < -0.39 is 5.82 Å². The maximum Gasteiger partial charge on any atom is 0.229 e. The smallest absolute Gasteiger partial charge is 0.229 e. The van der Waals surface area contributed by atoms with E-state index in [2.05, 4.69) is 21.9 Å². The molecular weight excluding hydrogens is 438 g/mol. The number of carbonyl (C=O) groups excluding carboxylic acids is 1. The van der Waals surface area contributed by atoms with E-state index in [0.29, 0.717) is 45.4 Å². The minimum atomic E-state index is -0.440. The van der Waals surface area contributed by atoms with Crippen LogP contribution in [0.2, 0.25) is 15.2 Å². The van der Waals surface area contributed by atoms with E-state index in [1.54, 1.807) is 12.3 Å². The second kappa shape index (κ2) is 7.86. The molecule has 0 radical (unpaired) electrons. The van der Waals surface area contributed by atoms with Crippen LogP contribution in [0.15, 0.2) is 42.7 Å². The maximum absolute atomic E-state index is 13.5. The normalized spacial score (nSPS) is 16.6. The van der Waals surface area contributed by atoms with Crippen LogP contribution in [0.25, 0.3) is 11.0 Å². The summed E-state index contributed by atoms with van der Waals surface area (Å²) >= 11 is 18.1. The molecule has 1 unspecified atom stereocenters. The molecule has 3 aromatic rings. The predicted octanol–water partition coefficient (Wildman–Crippen LogP) is 5.32. The fraction of sp³-hybridized carbons (Fsp3) is 0.200. The molecule has 0 spiro atoms. The standard InChI is InChI=1S/C20H16Cl3FN4O/c1-10-15(20(29)26-8-11-4-12(21)6-13(24)5-11)2-3-28(10)14-7-16-17(22)18(23)27-19(16)25-9-14/h4-7,9,15H,1-3,8H2,(H,25,27)(H,26,29). The first-order valence-corrected chi connectivity index (χ1v) is 9.98. The lowest BCUT2D eigenvalue weighted by Crippen LogP contribution is -2.31. The summed E-state index contributed by atoms with van der Waals surface area (Å²) < 4.78 is 13.5. The first kappa shape index (κ1) is 20.0. The van der Waals surface area contributed by atoms with Crippen LogP contribution in [0.4, 0.5) is 10.1 Å². The number of hydrogen-bond acceptors (Lipinski definition) is 3. The number of benzene rings is 1. The van der Waals surface area contributed by atoms with Gasteiger partial charge in [0.1, 0.15) is 16.6 Å². The average Bonchev–Trinajstić information content (AvgIpc) is 3.19. The van der Waals surface area contributed by atoms with Crippen LogP contribution in [-0.4, -0.2) is 22.4 Å². The Kier molecular flexibility index (Phi) is 5.42. The van der Waals surface area contributed by atoms with Crippen molar-refractivity contribution in [3.05, 3.63) is 69.3 Å². The number of halogens is 4. The van der Waals surface area contributed by atoms with Gasteiger partial charge in [0.15, 0.2) is 0 Å². The van der Waals surface area contributed by atoms with Gasteiger partial charge in [-0.1, -0.05) is 41.4 Å². The molecule has 150 valence electrons. The van der Waals surface area contributed by atoms with Gasteiger partial charge in [0.05, 0.1) is 22.8 Å². The molecule has 1 fully saturated rings. The minimum Gasteiger partial charge on any atom is -0.351 e. The number of nitrogens with zero attached hydrogens (tertiary/aromatic N) is 2. The zero-order chi connectivity index (χ0) is 20.7. The van der Waals surface area contributed by atoms with Gasteiger partial charge >= 0.3 is 0 Å². The van der Waals surface area contributed by atoms with E-state index in [9.17, 15) is 9.18 Å². The number of pyridine rings is 1. The van der Waals surface area contributed by atoms with E-state index in [1.165, 1.54) is 12.1 Å². The van der Waals surface area contributed by atoms with E-state index in [1.807, 2.05) is 11.0 Å². The number of H-pyrrole nitrogens is 1. The monoisotopic (exact) mass is 452 g/mol. The highest BCUT2D eigenvalue weighted by Crippen LogP contribution is 2.36. The molecular formula is C20H16Cl3FN4O. The van der Waals surface area contributed by atoms with Crippen LogP contribution < -0.4 is 10.2 Å². The SMILES string of the molecule is C=C1C(C(=O)NCc2cc(F)cc(Cl)c2)CCN1c1cnc2[nH]c(Cl)c(Cl)c2c1. The van der Waals surface area contributed by atoms with E-state index in [-0.39, 0.29) is 23.4 Å². The van der Waals surface area contributed by atoms with Crippen molar-refractivity contribution in [2.75, 3.05) is 11.4 Å². The molecule has 1 atom stereocenters. The van der Waals surface area contributed by atoms with E-state index in [4.69, 9.17) is 34.8 Å².